The van der Waals surface area contributed by atoms with Gasteiger partial charge in [-0.3, -0.25) is 9.69 Å². The van der Waals surface area contributed by atoms with E-state index in [2.05, 4.69) is 29.9 Å². The molecule has 1 aliphatic heterocycles. The summed E-state index contributed by atoms with van der Waals surface area (Å²) >= 11 is 0. The Bertz CT molecular complexity index is 764. The number of amides is 1. The van der Waals surface area contributed by atoms with Gasteiger partial charge in [0, 0.05) is 51.9 Å². The van der Waals surface area contributed by atoms with Gasteiger partial charge in [-0.2, -0.15) is 0 Å². The minimum Gasteiger partial charge on any atom is -0.338 e. The van der Waals surface area contributed by atoms with Crippen molar-refractivity contribution in [1.29, 1.82) is 0 Å². The quantitative estimate of drug-likeness (QED) is 0.810. The molecule has 0 spiro atoms. The maximum Gasteiger partial charge on any atom is 0.224 e. The van der Waals surface area contributed by atoms with Crippen LogP contribution in [0.2, 0.25) is 0 Å². The van der Waals surface area contributed by atoms with E-state index >= 15 is 0 Å². The molecule has 1 unspecified atom stereocenters. The summed E-state index contributed by atoms with van der Waals surface area (Å²) in [5, 5.41) is 0. The zero-order chi connectivity index (χ0) is 19.6. The zero-order valence-electron chi connectivity index (χ0n) is 16.7. The molecule has 27 heavy (non-hydrogen) atoms. The van der Waals surface area contributed by atoms with Gasteiger partial charge in [0.1, 0.15) is 11.6 Å². The van der Waals surface area contributed by atoms with E-state index in [1.54, 1.807) is 12.1 Å². The number of benzene rings is 1. The molecule has 0 radical (unpaired) electrons. The van der Waals surface area contributed by atoms with Crippen molar-refractivity contribution in [2.24, 2.45) is 13.0 Å². The number of rotatable bonds is 5. The molecule has 0 saturated carbocycles. The van der Waals surface area contributed by atoms with Gasteiger partial charge in [0.25, 0.3) is 0 Å². The highest BCUT2D eigenvalue weighted by Crippen LogP contribution is 2.22. The van der Waals surface area contributed by atoms with Crippen LogP contribution in [0.4, 0.5) is 4.39 Å². The first kappa shape index (κ1) is 19.5. The molecule has 5 nitrogen and oxygen atoms in total. The van der Waals surface area contributed by atoms with E-state index in [4.69, 9.17) is 0 Å². The average Bonchev–Trinajstić information content (AvgIpc) is 2.84. The fourth-order valence-corrected chi connectivity index (χ4v) is 3.68. The SMILES string of the molecule is Cc1nc(CN2CCC(=O)N(Cc3ccc(F)cc3)C(C(C)C)C2)cn1C. The molecular formula is C21H29FN4O. The standard InChI is InChI=1S/C21H29FN4O/c1-15(2)20-14-25(13-19-12-24(4)16(3)23-19)10-9-21(27)26(20)11-17-5-7-18(22)8-6-17/h5-8,12,15,20H,9-11,13-14H2,1-4H3. The molecular weight excluding hydrogens is 343 g/mol. The lowest BCUT2D eigenvalue weighted by atomic mass is 10.0. The largest absolute Gasteiger partial charge is 0.338 e. The summed E-state index contributed by atoms with van der Waals surface area (Å²) in [7, 11) is 2.00. The number of hydrogen-bond acceptors (Lipinski definition) is 3. The van der Waals surface area contributed by atoms with Crippen LogP contribution in [0.3, 0.4) is 0 Å². The van der Waals surface area contributed by atoms with Crippen LogP contribution in [0.5, 0.6) is 0 Å². The van der Waals surface area contributed by atoms with Gasteiger partial charge in [-0.05, 0) is 30.5 Å². The predicted molar refractivity (Wildman–Crippen MR) is 103 cm³/mol. The van der Waals surface area contributed by atoms with Crippen LogP contribution in [0.15, 0.2) is 30.5 Å². The van der Waals surface area contributed by atoms with Crippen molar-refractivity contribution in [2.45, 2.75) is 46.3 Å². The second-order valence-electron chi connectivity index (χ2n) is 7.83. The molecule has 3 rings (SSSR count). The molecule has 0 N–H and O–H groups in total. The maximum absolute atomic E-state index is 13.2. The Labute approximate surface area is 160 Å². The van der Waals surface area contributed by atoms with E-state index in [0.717, 1.165) is 36.7 Å². The van der Waals surface area contributed by atoms with Crippen molar-refractivity contribution in [3.05, 3.63) is 53.4 Å². The van der Waals surface area contributed by atoms with Crippen LogP contribution in [0, 0.1) is 18.7 Å². The fourth-order valence-electron chi connectivity index (χ4n) is 3.68. The molecule has 1 amide bonds. The molecule has 2 aromatic rings. The van der Waals surface area contributed by atoms with Crippen LogP contribution in [-0.2, 0) is 24.9 Å². The molecule has 0 bridgehead atoms. The summed E-state index contributed by atoms with van der Waals surface area (Å²) in [6, 6.07) is 6.56. The normalized spacial score (nSPS) is 19.0. The molecule has 1 aromatic carbocycles. The first-order chi connectivity index (χ1) is 12.8. The van der Waals surface area contributed by atoms with Crippen molar-refractivity contribution < 1.29 is 9.18 Å². The third kappa shape index (κ3) is 4.75. The maximum atomic E-state index is 13.2. The van der Waals surface area contributed by atoms with E-state index in [0.29, 0.717) is 18.9 Å². The number of hydrogen-bond donors (Lipinski definition) is 0. The zero-order valence-corrected chi connectivity index (χ0v) is 16.7. The molecule has 1 fully saturated rings. The molecule has 1 aliphatic rings. The van der Waals surface area contributed by atoms with Crippen molar-refractivity contribution >= 4 is 5.91 Å². The van der Waals surface area contributed by atoms with Gasteiger partial charge < -0.3 is 9.47 Å². The molecule has 2 heterocycles. The van der Waals surface area contributed by atoms with Crippen molar-refractivity contribution in [1.82, 2.24) is 19.4 Å². The number of carbonyl (C=O) groups excluding carboxylic acids is 1. The number of aryl methyl sites for hydroxylation is 2. The van der Waals surface area contributed by atoms with E-state index in [1.165, 1.54) is 12.1 Å². The van der Waals surface area contributed by atoms with Gasteiger partial charge in [0.15, 0.2) is 0 Å². The third-order valence-electron chi connectivity index (χ3n) is 5.39. The number of imidazole rings is 1. The van der Waals surface area contributed by atoms with E-state index < -0.39 is 0 Å². The number of aromatic nitrogens is 2. The minimum absolute atomic E-state index is 0.120. The van der Waals surface area contributed by atoms with Crippen molar-refractivity contribution in [3.63, 3.8) is 0 Å². The van der Waals surface area contributed by atoms with Crippen LogP contribution < -0.4 is 0 Å². The minimum atomic E-state index is -0.252. The molecule has 1 saturated heterocycles. The van der Waals surface area contributed by atoms with Crippen LogP contribution in [0.25, 0.3) is 0 Å². The highest BCUT2D eigenvalue weighted by atomic mass is 19.1. The van der Waals surface area contributed by atoms with E-state index in [1.807, 2.05) is 23.4 Å². The average molecular weight is 372 g/mol. The summed E-state index contributed by atoms with van der Waals surface area (Å²) in [5.74, 6) is 1.24. The van der Waals surface area contributed by atoms with Crippen molar-refractivity contribution in [3.8, 4) is 0 Å². The molecule has 1 aromatic heterocycles. The van der Waals surface area contributed by atoms with E-state index in [9.17, 15) is 9.18 Å². The third-order valence-corrected chi connectivity index (χ3v) is 5.39. The first-order valence-corrected chi connectivity index (χ1v) is 9.58. The predicted octanol–water partition coefficient (Wildman–Crippen LogP) is 3.13. The molecule has 0 aliphatic carbocycles. The Morgan fingerprint density at radius 2 is 1.93 bits per heavy atom. The van der Waals surface area contributed by atoms with Gasteiger partial charge in [0.05, 0.1) is 5.69 Å². The number of halogens is 1. The van der Waals surface area contributed by atoms with E-state index in [-0.39, 0.29) is 17.8 Å². The van der Waals surface area contributed by atoms with Crippen LogP contribution in [0.1, 0.15) is 37.4 Å². The number of carbonyl (C=O) groups is 1. The van der Waals surface area contributed by atoms with Gasteiger partial charge in [-0.1, -0.05) is 26.0 Å². The second kappa shape index (κ2) is 8.21. The Hall–Kier alpha value is -2.21. The van der Waals surface area contributed by atoms with Gasteiger partial charge >= 0.3 is 0 Å². The van der Waals surface area contributed by atoms with Crippen LogP contribution in [-0.4, -0.2) is 44.4 Å². The van der Waals surface area contributed by atoms with Crippen molar-refractivity contribution in [2.75, 3.05) is 13.1 Å². The van der Waals surface area contributed by atoms with Crippen LogP contribution >= 0.6 is 0 Å². The first-order valence-electron chi connectivity index (χ1n) is 9.58. The monoisotopic (exact) mass is 372 g/mol. The Morgan fingerprint density at radius 3 is 2.52 bits per heavy atom. The Morgan fingerprint density at radius 1 is 1.22 bits per heavy atom. The summed E-state index contributed by atoms with van der Waals surface area (Å²) < 4.78 is 15.2. The van der Waals surface area contributed by atoms with Gasteiger partial charge in [-0.25, -0.2) is 9.37 Å². The van der Waals surface area contributed by atoms with Gasteiger partial charge in [0.2, 0.25) is 5.91 Å². The highest BCUT2D eigenvalue weighted by molar-refractivity contribution is 5.77. The van der Waals surface area contributed by atoms with Gasteiger partial charge in [-0.15, -0.1) is 0 Å². The summed E-state index contributed by atoms with van der Waals surface area (Å²) in [5.41, 5.74) is 2.00. The summed E-state index contributed by atoms with van der Waals surface area (Å²) in [4.78, 5) is 21.8. The molecule has 146 valence electrons. The highest BCUT2D eigenvalue weighted by Gasteiger charge is 2.31. The number of nitrogens with zero attached hydrogens (tertiary/aromatic N) is 4. The Balaban J connectivity index is 1.76. The lowest BCUT2D eigenvalue weighted by Crippen LogP contribution is -2.45. The second-order valence-corrected chi connectivity index (χ2v) is 7.83. The topological polar surface area (TPSA) is 41.4 Å². The smallest absolute Gasteiger partial charge is 0.224 e. The lowest BCUT2D eigenvalue weighted by molar-refractivity contribution is -0.134. The fraction of sp³-hybridized carbons (Fsp3) is 0.524. The molecule has 1 atom stereocenters. The summed E-state index contributed by atoms with van der Waals surface area (Å²) in [6.45, 7) is 9.14. The Kier molecular flexibility index (Phi) is 5.95. The lowest BCUT2D eigenvalue weighted by Gasteiger charge is -2.34. The summed E-state index contributed by atoms with van der Waals surface area (Å²) in [6.07, 6.45) is 2.55. The molecule has 6 heteroatoms.